The second-order valence-corrected chi connectivity index (χ2v) is 8.86. The normalized spacial score (nSPS) is 19.9. The molecule has 2 aliphatic heterocycles. The Hall–Kier alpha value is -3.10. The molecule has 5 rings (SSSR count). The summed E-state index contributed by atoms with van der Waals surface area (Å²) in [5, 5.41) is 3.03. The molecule has 1 amide bonds. The second kappa shape index (κ2) is 9.03. The van der Waals surface area contributed by atoms with Gasteiger partial charge < -0.3 is 23.8 Å². The summed E-state index contributed by atoms with van der Waals surface area (Å²) in [6, 6.07) is 11.7. The first kappa shape index (κ1) is 21.7. The molecule has 3 aromatic rings. The van der Waals surface area contributed by atoms with Crippen molar-refractivity contribution in [3.05, 3.63) is 71.7 Å². The first-order valence-electron chi connectivity index (χ1n) is 11.4. The summed E-state index contributed by atoms with van der Waals surface area (Å²) in [5.41, 5.74) is 0.438. The lowest BCUT2D eigenvalue weighted by atomic mass is 9.88. The number of likely N-dealkylation sites (tertiary alicyclic amines) is 1. The third-order valence-corrected chi connectivity index (χ3v) is 6.59. The lowest BCUT2D eigenvalue weighted by molar-refractivity contribution is -0.174. The molecule has 0 aliphatic carbocycles. The number of nitrogens with zero attached hydrogens (tertiary/aromatic N) is 3. The molecule has 0 bridgehead atoms. The summed E-state index contributed by atoms with van der Waals surface area (Å²) in [6.45, 7) is 5.34. The van der Waals surface area contributed by atoms with Crippen LogP contribution in [0.4, 0.5) is 0 Å². The highest BCUT2D eigenvalue weighted by atomic mass is 16.5. The zero-order valence-electron chi connectivity index (χ0n) is 19.1. The number of methoxy groups -OCH3 is 1. The summed E-state index contributed by atoms with van der Waals surface area (Å²) < 4.78 is 19.6. The van der Waals surface area contributed by atoms with Gasteiger partial charge in [0.15, 0.2) is 6.10 Å². The molecule has 8 nitrogen and oxygen atoms in total. The monoisotopic (exact) mass is 450 g/mol. The summed E-state index contributed by atoms with van der Waals surface area (Å²) in [4.78, 5) is 20.0. The number of aryl methyl sites for hydroxylation is 1. The number of piperidine rings is 1. The maximum absolute atomic E-state index is 13.1. The lowest BCUT2D eigenvalue weighted by Gasteiger charge is -2.45. The van der Waals surface area contributed by atoms with Crippen LogP contribution in [0.1, 0.15) is 35.7 Å². The number of carbonyl (C=O) groups excluding carboxylic acids is 1. The van der Waals surface area contributed by atoms with Crippen molar-refractivity contribution in [2.45, 2.75) is 51.1 Å². The molecule has 4 heterocycles. The van der Waals surface area contributed by atoms with E-state index in [1.807, 2.05) is 49.5 Å². The summed E-state index contributed by atoms with van der Waals surface area (Å²) >= 11 is 0. The van der Waals surface area contributed by atoms with Crippen LogP contribution in [-0.2, 0) is 34.8 Å². The highest BCUT2D eigenvalue weighted by Gasteiger charge is 2.47. The Kier molecular flexibility index (Phi) is 5.95. The van der Waals surface area contributed by atoms with E-state index in [4.69, 9.17) is 13.9 Å². The first-order valence-corrected chi connectivity index (χ1v) is 11.4. The maximum Gasteiger partial charge on any atom is 0.251 e. The number of furan rings is 1. The third-order valence-electron chi connectivity index (χ3n) is 6.59. The summed E-state index contributed by atoms with van der Waals surface area (Å²) in [7, 11) is 1.64. The zero-order chi connectivity index (χ0) is 22.8. The summed E-state index contributed by atoms with van der Waals surface area (Å²) in [6.07, 6.45) is 4.75. The fraction of sp³-hybridized carbons (Fsp3) is 0.440. The Morgan fingerprint density at radius 3 is 2.88 bits per heavy atom. The molecule has 1 atom stereocenters. The molecule has 2 aromatic heterocycles. The van der Waals surface area contributed by atoms with E-state index in [2.05, 4.69) is 19.8 Å². The quantitative estimate of drug-likeness (QED) is 0.622. The molecule has 1 fully saturated rings. The average Bonchev–Trinajstić information content (AvgIpc) is 3.48. The fourth-order valence-corrected chi connectivity index (χ4v) is 4.82. The van der Waals surface area contributed by atoms with Gasteiger partial charge in [-0.1, -0.05) is 12.1 Å². The van der Waals surface area contributed by atoms with Crippen LogP contribution < -0.4 is 10.1 Å². The van der Waals surface area contributed by atoms with Gasteiger partial charge >= 0.3 is 0 Å². The van der Waals surface area contributed by atoms with Gasteiger partial charge in [-0.05, 0) is 49.6 Å². The minimum absolute atomic E-state index is 0.106. The van der Waals surface area contributed by atoms with Gasteiger partial charge in [-0.15, -0.1) is 0 Å². The first-order chi connectivity index (χ1) is 16.0. The van der Waals surface area contributed by atoms with E-state index >= 15 is 0 Å². The Balaban J connectivity index is 1.25. The van der Waals surface area contributed by atoms with Crippen LogP contribution in [0, 0.1) is 6.92 Å². The predicted molar refractivity (Wildman–Crippen MR) is 122 cm³/mol. The second-order valence-electron chi connectivity index (χ2n) is 8.86. The van der Waals surface area contributed by atoms with Crippen LogP contribution in [0.3, 0.4) is 0 Å². The largest absolute Gasteiger partial charge is 0.497 e. The minimum atomic E-state index is -0.559. The topological polar surface area (TPSA) is 81.8 Å². The lowest BCUT2D eigenvalue weighted by Crippen LogP contribution is -2.53. The average molecular weight is 451 g/mol. The molecule has 2 aliphatic rings. The van der Waals surface area contributed by atoms with Gasteiger partial charge in [-0.25, -0.2) is 4.98 Å². The van der Waals surface area contributed by atoms with Gasteiger partial charge in [0.25, 0.3) is 5.91 Å². The molecule has 0 unspecified atom stereocenters. The molecule has 1 aromatic carbocycles. The van der Waals surface area contributed by atoms with Crippen molar-refractivity contribution in [1.29, 1.82) is 0 Å². The van der Waals surface area contributed by atoms with Crippen LogP contribution in [0.2, 0.25) is 0 Å². The standard InChI is InChI=1S/C25H30N4O4/c1-18-6-7-21(32-18)16-28-11-8-25(9-12-28)24-26-10-13-29(24)17-22(33-25)23(30)27-15-19-4-3-5-20(14-19)31-2/h3-7,10,13-14,22H,8-9,11-12,15-17H2,1-2H3,(H,27,30)/t22-/m0/s1. The van der Waals surface area contributed by atoms with Crippen molar-refractivity contribution < 1.29 is 18.7 Å². The number of aromatic nitrogens is 2. The van der Waals surface area contributed by atoms with Crippen molar-refractivity contribution >= 4 is 5.91 Å². The number of nitrogens with one attached hydrogen (secondary N) is 1. The molecule has 1 N–H and O–H groups in total. The van der Waals surface area contributed by atoms with Crippen molar-refractivity contribution in [2.24, 2.45) is 0 Å². The van der Waals surface area contributed by atoms with E-state index in [1.54, 1.807) is 13.3 Å². The highest BCUT2D eigenvalue weighted by molar-refractivity contribution is 5.81. The van der Waals surface area contributed by atoms with Crippen LogP contribution in [-0.4, -0.2) is 46.7 Å². The molecule has 1 saturated heterocycles. The summed E-state index contributed by atoms with van der Waals surface area (Å²) in [5.74, 6) is 3.50. The Morgan fingerprint density at radius 2 is 2.12 bits per heavy atom. The zero-order valence-corrected chi connectivity index (χ0v) is 19.1. The number of benzene rings is 1. The van der Waals surface area contributed by atoms with Crippen LogP contribution in [0.5, 0.6) is 5.75 Å². The van der Waals surface area contributed by atoms with Crippen LogP contribution in [0.25, 0.3) is 0 Å². The SMILES string of the molecule is COc1cccc(CNC(=O)[C@@H]2Cn3ccnc3C3(CCN(Cc4ccc(C)o4)CC3)O2)c1. The van der Waals surface area contributed by atoms with Gasteiger partial charge in [0, 0.05) is 32.0 Å². The van der Waals surface area contributed by atoms with Crippen molar-refractivity contribution in [1.82, 2.24) is 19.8 Å². The van der Waals surface area contributed by atoms with Gasteiger partial charge in [-0.3, -0.25) is 9.69 Å². The minimum Gasteiger partial charge on any atom is -0.497 e. The molecule has 8 heteroatoms. The molecule has 0 saturated carbocycles. The molecular weight excluding hydrogens is 420 g/mol. The number of rotatable bonds is 6. The third kappa shape index (κ3) is 4.54. The van der Waals surface area contributed by atoms with E-state index in [0.717, 1.165) is 61.1 Å². The predicted octanol–water partition coefficient (Wildman–Crippen LogP) is 3.00. The van der Waals surface area contributed by atoms with Crippen LogP contribution in [0.15, 0.2) is 53.2 Å². The molecule has 0 radical (unpaired) electrons. The Bertz CT molecular complexity index is 1110. The van der Waals surface area contributed by atoms with Gasteiger partial charge in [-0.2, -0.15) is 0 Å². The Morgan fingerprint density at radius 1 is 1.27 bits per heavy atom. The number of carbonyl (C=O) groups is 1. The number of amides is 1. The van der Waals surface area contributed by atoms with E-state index in [-0.39, 0.29) is 5.91 Å². The number of ether oxygens (including phenoxy) is 2. The van der Waals surface area contributed by atoms with Crippen molar-refractivity contribution in [3.8, 4) is 5.75 Å². The number of imidazole rings is 1. The Labute approximate surface area is 193 Å². The molecule has 1 spiro atoms. The van der Waals surface area contributed by atoms with Crippen molar-refractivity contribution in [3.63, 3.8) is 0 Å². The molecule has 174 valence electrons. The number of hydrogen-bond acceptors (Lipinski definition) is 6. The van der Waals surface area contributed by atoms with Crippen molar-refractivity contribution in [2.75, 3.05) is 20.2 Å². The van der Waals surface area contributed by atoms with E-state index in [0.29, 0.717) is 13.1 Å². The van der Waals surface area contributed by atoms with E-state index in [1.165, 1.54) is 0 Å². The smallest absolute Gasteiger partial charge is 0.251 e. The van der Waals surface area contributed by atoms with E-state index < -0.39 is 11.7 Å². The molecular formula is C25H30N4O4. The van der Waals surface area contributed by atoms with Gasteiger partial charge in [0.1, 0.15) is 28.7 Å². The van der Waals surface area contributed by atoms with Gasteiger partial charge in [0.05, 0.1) is 20.2 Å². The van der Waals surface area contributed by atoms with Gasteiger partial charge in [0.2, 0.25) is 0 Å². The van der Waals surface area contributed by atoms with Crippen LogP contribution >= 0.6 is 0 Å². The fourth-order valence-electron chi connectivity index (χ4n) is 4.82. The molecule has 33 heavy (non-hydrogen) atoms. The number of hydrogen-bond donors (Lipinski definition) is 1. The maximum atomic E-state index is 13.1. The number of fused-ring (bicyclic) bond motifs is 2. The highest BCUT2D eigenvalue weighted by Crippen LogP contribution is 2.40. The van der Waals surface area contributed by atoms with E-state index in [9.17, 15) is 4.79 Å².